The molecule has 0 unspecified atom stereocenters. The predicted octanol–water partition coefficient (Wildman–Crippen LogP) is -0.894. The van der Waals surface area contributed by atoms with Crippen LogP contribution in [0, 0.1) is 0 Å². The quantitative estimate of drug-likeness (QED) is 0.539. The summed E-state index contributed by atoms with van der Waals surface area (Å²) in [5, 5.41) is 0. The molecule has 0 amide bonds. The minimum atomic E-state index is -3.11. The summed E-state index contributed by atoms with van der Waals surface area (Å²) in [5.74, 6) is 0. The third-order valence-electron chi connectivity index (χ3n) is 0. The van der Waals surface area contributed by atoms with Gasteiger partial charge in [0.25, 0.3) is 0 Å². The topological polar surface area (TPSA) is 63.2 Å². The van der Waals surface area contributed by atoms with E-state index in [1.807, 2.05) is 0 Å². The summed E-state index contributed by atoms with van der Waals surface area (Å²) in [5.41, 5.74) is 0. The van der Waals surface area contributed by atoms with Gasteiger partial charge in [-0.15, -0.1) is 11.4 Å². The van der Waals surface area contributed by atoms with Crippen LogP contribution in [0.25, 0.3) is 0 Å². The molecule has 0 aromatic carbocycles. The van der Waals surface area contributed by atoms with Crippen LogP contribution < -0.4 is 0 Å². The Morgan fingerprint density at radius 1 is 1.60 bits per heavy atom. The summed E-state index contributed by atoms with van der Waals surface area (Å²) in [6.07, 6.45) is 0. The Hall–Kier alpha value is 0.758. The molecule has 0 N–H and O–H groups in total. The van der Waals surface area contributed by atoms with Gasteiger partial charge in [-0.3, -0.25) is 4.21 Å². The van der Waals surface area contributed by atoms with Gasteiger partial charge >= 0.3 is 22.5 Å². The van der Waals surface area contributed by atoms with Crippen molar-refractivity contribution < 1.29 is 35.8 Å². The van der Waals surface area contributed by atoms with E-state index in [2.05, 4.69) is 0 Å². The van der Waals surface area contributed by atoms with E-state index in [0.29, 0.717) is 0 Å². The van der Waals surface area contributed by atoms with Crippen molar-refractivity contribution >= 4 is 11.4 Å². The largest absolute Gasteiger partial charge is 2.00 e. The van der Waals surface area contributed by atoms with Crippen molar-refractivity contribution in [2.75, 3.05) is 0 Å². The standard InChI is InChI=1S/H2O3S.Pt/c1-4(2)3;/h(H2,1,2,3);/q;+2/p-1. The minimum Gasteiger partial charge on any atom is -0.784 e. The van der Waals surface area contributed by atoms with Crippen LogP contribution in [0.3, 0.4) is 0 Å². The molecule has 0 radical (unpaired) electrons. The van der Waals surface area contributed by atoms with E-state index in [1.54, 1.807) is 0 Å². The van der Waals surface area contributed by atoms with Gasteiger partial charge in [-0.25, -0.2) is 0 Å². The van der Waals surface area contributed by atoms with Gasteiger partial charge < -0.3 is 9.11 Å². The summed E-state index contributed by atoms with van der Waals surface area (Å²) in [6, 6.07) is 0. The zero-order valence-corrected chi connectivity index (χ0v) is 5.04. The summed E-state index contributed by atoms with van der Waals surface area (Å²) in [6.45, 7) is 0. The average molecular weight is 276 g/mol. The van der Waals surface area contributed by atoms with Crippen LogP contribution in [0.5, 0.6) is 0 Å². The van der Waals surface area contributed by atoms with E-state index in [-0.39, 0.29) is 22.5 Å². The van der Waals surface area contributed by atoms with E-state index in [1.165, 1.54) is 0 Å². The third-order valence-corrected chi connectivity index (χ3v) is 0. The third kappa shape index (κ3) is 63.0. The molecule has 0 aliphatic carbocycles. The first-order valence-electron chi connectivity index (χ1n) is 0.500. The molecule has 0 aliphatic heterocycles. The molecule has 0 heterocycles. The SMILES string of the molecule is O=S([O-])[O-].[H+].[Pt+2]. The first kappa shape index (κ1) is 9.23. The van der Waals surface area contributed by atoms with E-state index in [4.69, 9.17) is 13.3 Å². The Labute approximate surface area is 47.6 Å². The fourth-order valence-electron chi connectivity index (χ4n) is 0. The van der Waals surface area contributed by atoms with Crippen LogP contribution in [-0.2, 0) is 32.4 Å². The molecule has 0 rings (SSSR count). The van der Waals surface area contributed by atoms with Gasteiger partial charge in [0.15, 0.2) is 0 Å². The van der Waals surface area contributed by atoms with Crippen molar-refractivity contribution in [2.24, 2.45) is 0 Å². The normalized spacial score (nSPS) is 7.00. The second-order valence-electron chi connectivity index (χ2n) is 0.204. The Morgan fingerprint density at radius 2 is 1.60 bits per heavy atom. The van der Waals surface area contributed by atoms with Crippen LogP contribution in [0.15, 0.2) is 0 Å². The van der Waals surface area contributed by atoms with Gasteiger partial charge in [-0.1, -0.05) is 0 Å². The summed E-state index contributed by atoms with van der Waals surface area (Å²) in [4.78, 5) is 0. The Kier molecular flexibility index (Phi) is 8.78. The van der Waals surface area contributed by atoms with Gasteiger partial charge in [-0.2, -0.15) is 0 Å². The smallest absolute Gasteiger partial charge is 0.784 e. The number of rotatable bonds is 0. The molecule has 0 atom stereocenters. The number of hydrogen-bond donors (Lipinski definition) is 0. The van der Waals surface area contributed by atoms with Crippen molar-refractivity contribution in [1.82, 2.24) is 0 Å². The molecule has 0 spiro atoms. The van der Waals surface area contributed by atoms with Crippen molar-refractivity contribution in [3.63, 3.8) is 0 Å². The van der Waals surface area contributed by atoms with E-state index >= 15 is 0 Å². The minimum absolute atomic E-state index is 0. The van der Waals surface area contributed by atoms with Crippen LogP contribution in [0.1, 0.15) is 1.43 Å². The molecule has 0 aromatic rings. The molecule has 0 aromatic heterocycles. The molecule has 34 valence electrons. The maximum atomic E-state index is 8.44. The van der Waals surface area contributed by atoms with Crippen LogP contribution in [-0.4, -0.2) is 13.3 Å². The fourth-order valence-corrected chi connectivity index (χ4v) is 0. The molecule has 5 heavy (non-hydrogen) atoms. The van der Waals surface area contributed by atoms with E-state index in [9.17, 15) is 0 Å². The second kappa shape index (κ2) is 4.76. The summed E-state index contributed by atoms with van der Waals surface area (Å²) >= 11 is -3.11. The molecule has 0 saturated carbocycles. The zero-order chi connectivity index (χ0) is 3.58. The Morgan fingerprint density at radius 3 is 1.60 bits per heavy atom. The molecule has 3 nitrogen and oxygen atoms in total. The van der Waals surface area contributed by atoms with Crippen LogP contribution in [0.4, 0.5) is 0 Å². The molecular weight excluding hydrogens is 275 g/mol. The monoisotopic (exact) mass is 276 g/mol. The van der Waals surface area contributed by atoms with Gasteiger partial charge in [0.05, 0.1) is 0 Å². The van der Waals surface area contributed by atoms with Gasteiger partial charge in [0.2, 0.25) is 0 Å². The molecule has 0 bridgehead atoms. The Bertz CT molecular complexity index is 33.8. The van der Waals surface area contributed by atoms with Crippen molar-refractivity contribution in [3.8, 4) is 0 Å². The number of hydrogen-bond acceptors (Lipinski definition) is 3. The van der Waals surface area contributed by atoms with Gasteiger partial charge in [0.1, 0.15) is 0 Å². The average Bonchev–Trinajstić information content (AvgIpc) is 0.811. The van der Waals surface area contributed by atoms with Crippen molar-refractivity contribution in [2.45, 2.75) is 0 Å². The molecule has 0 saturated heterocycles. The van der Waals surface area contributed by atoms with E-state index in [0.717, 1.165) is 0 Å². The maximum absolute atomic E-state index is 8.44. The molecular formula is HO3PtS+. The van der Waals surface area contributed by atoms with Gasteiger partial charge in [0, 0.05) is 0 Å². The second-order valence-corrected chi connectivity index (χ2v) is 0.612. The summed E-state index contributed by atoms with van der Waals surface area (Å²) < 4.78 is 25.3. The summed E-state index contributed by atoms with van der Waals surface area (Å²) in [7, 11) is 0. The van der Waals surface area contributed by atoms with Crippen LogP contribution in [0.2, 0.25) is 0 Å². The first-order valence-corrected chi connectivity index (χ1v) is 1.50. The van der Waals surface area contributed by atoms with Crippen LogP contribution >= 0.6 is 0 Å². The zero-order valence-electron chi connectivity index (χ0n) is 2.95. The molecule has 0 fully saturated rings. The van der Waals surface area contributed by atoms with E-state index < -0.39 is 11.4 Å². The van der Waals surface area contributed by atoms with Gasteiger partial charge in [-0.05, 0) is 0 Å². The first-order chi connectivity index (χ1) is 1.73. The maximum Gasteiger partial charge on any atom is 2.00 e. The Balaban J connectivity index is -0.0000000450. The predicted molar refractivity (Wildman–Crippen MR) is 10.8 cm³/mol. The van der Waals surface area contributed by atoms with Crippen molar-refractivity contribution in [3.05, 3.63) is 0 Å². The molecule has 0 aliphatic rings. The fraction of sp³-hybridized carbons (Fsp3) is 0. The molecule has 5 heteroatoms. The van der Waals surface area contributed by atoms with Crippen molar-refractivity contribution in [1.29, 1.82) is 0 Å².